The van der Waals surface area contributed by atoms with E-state index in [1.807, 2.05) is 42.5 Å². The Morgan fingerprint density at radius 3 is 2.52 bits per heavy atom. The van der Waals surface area contributed by atoms with Gasteiger partial charge in [0.1, 0.15) is 0 Å². The molecule has 1 N–H and O–H groups in total. The van der Waals surface area contributed by atoms with Crippen LogP contribution in [0.4, 0.5) is 5.69 Å². The molecular formula is C16H15ClN2O2. The van der Waals surface area contributed by atoms with E-state index in [2.05, 4.69) is 10.5 Å². The first kappa shape index (κ1) is 15.1. The molecule has 21 heavy (non-hydrogen) atoms. The summed E-state index contributed by atoms with van der Waals surface area (Å²) in [7, 11) is 0. The number of nitrogens with zero attached hydrogens (tertiary/aromatic N) is 1. The van der Waals surface area contributed by atoms with Crippen molar-refractivity contribution in [1.82, 2.24) is 0 Å². The lowest BCUT2D eigenvalue weighted by molar-refractivity contribution is -0.126. The quantitative estimate of drug-likeness (QED) is 0.676. The molecule has 2 rings (SSSR count). The van der Waals surface area contributed by atoms with Crippen molar-refractivity contribution in [3.63, 3.8) is 0 Å². The first-order chi connectivity index (χ1) is 10.1. The summed E-state index contributed by atoms with van der Waals surface area (Å²) >= 11 is 5.79. The molecule has 108 valence electrons. The van der Waals surface area contributed by atoms with E-state index in [4.69, 9.17) is 16.4 Å². The third-order valence-electron chi connectivity index (χ3n) is 2.70. The molecule has 0 aliphatic carbocycles. The molecular weight excluding hydrogens is 288 g/mol. The first-order valence-electron chi connectivity index (χ1n) is 6.46. The SMILES string of the molecule is CC(O/N=C/c1ccc(Cl)cc1)C(=O)Nc1ccccc1. The van der Waals surface area contributed by atoms with E-state index in [-0.39, 0.29) is 5.91 Å². The highest BCUT2D eigenvalue weighted by atomic mass is 35.5. The Hall–Kier alpha value is -2.33. The van der Waals surface area contributed by atoms with E-state index in [0.717, 1.165) is 11.3 Å². The van der Waals surface area contributed by atoms with E-state index < -0.39 is 6.10 Å². The minimum atomic E-state index is -0.686. The molecule has 0 saturated heterocycles. The molecule has 0 fully saturated rings. The van der Waals surface area contributed by atoms with Crippen molar-refractivity contribution in [2.75, 3.05) is 5.32 Å². The second-order valence-electron chi connectivity index (χ2n) is 4.39. The molecule has 0 bridgehead atoms. The Kier molecular flexibility index (Phi) is 5.35. The van der Waals surface area contributed by atoms with Crippen LogP contribution < -0.4 is 5.32 Å². The maximum absolute atomic E-state index is 11.9. The fourth-order valence-corrected chi connectivity index (χ4v) is 1.67. The Morgan fingerprint density at radius 2 is 1.86 bits per heavy atom. The molecule has 1 amide bonds. The fraction of sp³-hybridized carbons (Fsp3) is 0.125. The summed E-state index contributed by atoms with van der Waals surface area (Å²) in [6.07, 6.45) is 0.844. The van der Waals surface area contributed by atoms with Crippen LogP contribution in [0.2, 0.25) is 5.02 Å². The highest BCUT2D eigenvalue weighted by molar-refractivity contribution is 6.30. The highest BCUT2D eigenvalue weighted by Crippen LogP contribution is 2.09. The lowest BCUT2D eigenvalue weighted by Gasteiger charge is -2.10. The van der Waals surface area contributed by atoms with Crippen molar-refractivity contribution in [2.45, 2.75) is 13.0 Å². The Labute approximate surface area is 128 Å². The molecule has 0 spiro atoms. The van der Waals surface area contributed by atoms with E-state index in [0.29, 0.717) is 5.02 Å². The van der Waals surface area contributed by atoms with Gasteiger partial charge in [-0.3, -0.25) is 4.79 Å². The number of oxime groups is 1. The molecule has 5 heteroatoms. The summed E-state index contributed by atoms with van der Waals surface area (Å²) in [5, 5.41) is 7.20. The average molecular weight is 303 g/mol. The Bertz CT molecular complexity index is 612. The second-order valence-corrected chi connectivity index (χ2v) is 4.83. The van der Waals surface area contributed by atoms with Crippen LogP contribution in [0.15, 0.2) is 59.8 Å². The lowest BCUT2D eigenvalue weighted by atomic mass is 10.2. The largest absolute Gasteiger partial charge is 0.383 e. The number of anilines is 1. The van der Waals surface area contributed by atoms with Crippen LogP contribution in [0.3, 0.4) is 0 Å². The number of carbonyl (C=O) groups is 1. The van der Waals surface area contributed by atoms with Gasteiger partial charge in [0.05, 0.1) is 6.21 Å². The predicted octanol–water partition coefficient (Wildman–Crippen LogP) is 3.72. The monoisotopic (exact) mass is 302 g/mol. The Morgan fingerprint density at radius 1 is 1.19 bits per heavy atom. The minimum absolute atomic E-state index is 0.255. The van der Waals surface area contributed by atoms with Crippen molar-refractivity contribution in [2.24, 2.45) is 5.16 Å². The molecule has 0 radical (unpaired) electrons. The minimum Gasteiger partial charge on any atom is -0.383 e. The summed E-state index contributed by atoms with van der Waals surface area (Å²) in [5.41, 5.74) is 1.56. The zero-order chi connectivity index (χ0) is 15.1. The van der Waals surface area contributed by atoms with E-state index >= 15 is 0 Å². The van der Waals surface area contributed by atoms with Crippen LogP contribution in [0.1, 0.15) is 12.5 Å². The van der Waals surface area contributed by atoms with Crippen molar-refractivity contribution in [3.05, 3.63) is 65.2 Å². The topological polar surface area (TPSA) is 50.7 Å². The number of hydrogen-bond donors (Lipinski definition) is 1. The normalized spacial score (nSPS) is 12.1. The maximum atomic E-state index is 11.9. The van der Waals surface area contributed by atoms with Crippen LogP contribution in [0.25, 0.3) is 0 Å². The number of nitrogens with one attached hydrogen (secondary N) is 1. The number of amides is 1. The summed E-state index contributed by atoms with van der Waals surface area (Å²) in [6, 6.07) is 16.3. The zero-order valence-electron chi connectivity index (χ0n) is 11.5. The molecule has 1 atom stereocenters. The number of rotatable bonds is 5. The van der Waals surface area contributed by atoms with Gasteiger partial charge in [-0.1, -0.05) is 47.1 Å². The molecule has 2 aromatic rings. The van der Waals surface area contributed by atoms with Crippen molar-refractivity contribution < 1.29 is 9.63 Å². The van der Waals surface area contributed by atoms with Crippen LogP contribution in [0.5, 0.6) is 0 Å². The number of para-hydroxylation sites is 1. The van der Waals surface area contributed by atoms with Gasteiger partial charge in [0.2, 0.25) is 6.10 Å². The summed E-state index contributed by atoms with van der Waals surface area (Å²) in [4.78, 5) is 17.0. The summed E-state index contributed by atoms with van der Waals surface area (Å²) < 4.78 is 0. The molecule has 0 aliphatic rings. The highest BCUT2D eigenvalue weighted by Gasteiger charge is 2.13. The van der Waals surface area contributed by atoms with Crippen molar-refractivity contribution in [1.29, 1.82) is 0 Å². The fourth-order valence-electron chi connectivity index (χ4n) is 1.54. The number of benzene rings is 2. The molecule has 0 saturated carbocycles. The third-order valence-corrected chi connectivity index (χ3v) is 2.95. The van der Waals surface area contributed by atoms with Crippen molar-refractivity contribution in [3.8, 4) is 0 Å². The van der Waals surface area contributed by atoms with Gasteiger partial charge in [0.25, 0.3) is 5.91 Å². The summed E-state index contributed by atoms with van der Waals surface area (Å²) in [5.74, 6) is -0.255. The average Bonchev–Trinajstić information content (AvgIpc) is 2.50. The first-order valence-corrected chi connectivity index (χ1v) is 6.83. The van der Waals surface area contributed by atoms with Gasteiger partial charge in [-0.15, -0.1) is 0 Å². The van der Waals surface area contributed by atoms with Crippen LogP contribution >= 0.6 is 11.6 Å². The standard InChI is InChI=1S/C16H15ClN2O2/c1-12(16(20)19-15-5-3-2-4-6-15)21-18-11-13-7-9-14(17)10-8-13/h2-12H,1H3,(H,19,20)/b18-11+. The molecule has 2 aromatic carbocycles. The van der Waals surface area contributed by atoms with Gasteiger partial charge in [0.15, 0.2) is 0 Å². The van der Waals surface area contributed by atoms with Crippen LogP contribution in [0, 0.1) is 0 Å². The van der Waals surface area contributed by atoms with E-state index in [1.165, 1.54) is 6.21 Å². The lowest BCUT2D eigenvalue weighted by Crippen LogP contribution is -2.26. The number of halogens is 1. The molecule has 4 nitrogen and oxygen atoms in total. The van der Waals surface area contributed by atoms with Crippen molar-refractivity contribution >= 4 is 29.4 Å². The van der Waals surface area contributed by atoms with Crippen LogP contribution in [-0.4, -0.2) is 18.2 Å². The predicted molar refractivity (Wildman–Crippen MR) is 84.7 cm³/mol. The van der Waals surface area contributed by atoms with E-state index in [1.54, 1.807) is 19.1 Å². The van der Waals surface area contributed by atoms with Gasteiger partial charge in [-0.2, -0.15) is 0 Å². The van der Waals surface area contributed by atoms with Gasteiger partial charge < -0.3 is 10.2 Å². The van der Waals surface area contributed by atoms with Gasteiger partial charge in [0, 0.05) is 10.7 Å². The van der Waals surface area contributed by atoms with Gasteiger partial charge >= 0.3 is 0 Å². The van der Waals surface area contributed by atoms with Gasteiger partial charge in [-0.05, 0) is 36.8 Å². The van der Waals surface area contributed by atoms with E-state index in [9.17, 15) is 4.79 Å². The number of hydrogen-bond acceptors (Lipinski definition) is 3. The molecule has 1 unspecified atom stereocenters. The smallest absolute Gasteiger partial charge is 0.267 e. The Balaban J connectivity index is 1.85. The zero-order valence-corrected chi connectivity index (χ0v) is 12.2. The molecule has 0 aromatic heterocycles. The number of carbonyl (C=O) groups excluding carboxylic acids is 1. The maximum Gasteiger partial charge on any atom is 0.267 e. The summed E-state index contributed by atoms with van der Waals surface area (Å²) in [6.45, 7) is 1.64. The third kappa shape index (κ3) is 4.93. The molecule has 0 heterocycles. The van der Waals surface area contributed by atoms with Gasteiger partial charge in [-0.25, -0.2) is 0 Å². The molecule has 0 aliphatic heterocycles. The van der Waals surface area contributed by atoms with Crippen LogP contribution in [-0.2, 0) is 9.63 Å². The second kappa shape index (κ2) is 7.45.